The molecular formula is C75H146O17P2. The number of aliphatic hydroxyl groups is 1. The molecule has 0 aromatic heterocycles. The number of rotatable bonds is 73. The molecule has 0 saturated heterocycles. The van der Waals surface area contributed by atoms with Crippen LogP contribution in [0.2, 0.25) is 0 Å². The number of phosphoric ester groups is 2. The standard InChI is InChI=1S/C75H146O17P2/c1-8-10-11-12-13-25-35-42-49-56-72(77)85-62-71(92-75(80)59-52-45-38-31-30-34-41-48-55-68(7)9-2)65-90-94(83,84)88-61-69(76)60-87-93(81,82)89-64-70(63-86-73(78)57-50-43-36-28-23-20-19-22-27-33-40-47-54-67(5)6)91-74(79)58-51-44-37-29-24-18-16-14-15-17-21-26-32-39-46-53-66(3)4/h66-71,76H,8-65H2,1-7H3,(H,81,82)(H,83,84)/t68?,69-,70-,71-/m1/s1. The Kier molecular flexibility index (Phi) is 64.3. The third-order valence-electron chi connectivity index (χ3n) is 17.7. The maximum atomic E-state index is 13.1. The van der Waals surface area contributed by atoms with Crippen molar-refractivity contribution < 1.29 is 80.2 Å². The minimum absolute atomic E-state index is 0.105. The van der Waals surface area contributed by atoms with E-state index in [9.17, 15) is 43.2 Å². The second kappa shape index (κ2) is 65.7. The fraction of sp³-hybridized carbons (Fsp3) is 0.947. The van der Waals surface area contributed by atoms with Gasteiger partial charge in [-0.25, -0.2) is 9.13 Å². The molecule has 0 aliphatic rings. The zero-order chi connectivity index (χ0) is 69.4. The Morgan fingerprint density at radius 3 is 0.809 bits per heavy atom. The maximum absolute atomic E-state index is 13.1. The molecule has 0 amide bonds. The quantitative estimate of drug-likeness (QED) is 0.0222. The average molecular weight is 1380 g/mol. The van der Waals surface area contributed by atoms with Crippen molar-refractivity contribution in [1.82, 2.24) is 0 Å². The van der Waals surface area contributed by atoms with Crippen molar-refractivity contribution in [3.63, 3.8) is 0 Å². The number of aliphatic hydroxyl groups excluding tert-OH is 1. The molecule has 0 radical (unpaired) electrons. The van der Waals surface area contributed by atoms with E-state index >= 15 is 0 Å². The highest BCUT2D eigenvalue weighted by Gasteiger charge is 2.30. The van der Waals surface area contributed by atoms with Crippen LogP contribution in [0.5, 0.6) is 0 Å². The Bertz CT molecular complexity index is 1840. The molecule has 0 aromatic carbocycles. The largest absolute Gasteiger partial charge is 0.472 e. The molecule has 3 unspecified atom stereocenters. The molecule has 0 bridgehead atoms. The van der Waals surface area contributed by atoms with Gasteiger partial charge in [0.25, 0.3) is 0 Å². The molecule has 0 rings (SSSR count). The van der Waals surface area contributed by atoms with Crippen molar-refractivity contribution in [1.29, 1.82) is 0 Å². The number of phosphoric acid groups is 2. The van der Waals surface area contributed by atoms with E-state index in [1.807, 2.05) is 0 Å². The highest BCUT2D eigenvalue weighted by atomic mass is 31.2. The zero-order valence-electron chi connectivity index (χ0n) is 61.4. The molecule has 0 spiro atoms. The van der Waals surface area contributed by atoms with Gasteiger partial charge in [-0.15, -0.1) is 0 Å². The Morgan fingerprint density at radius 2 is 0.543 bits per heavy atom. The number of carbonyl (C=O) groups excluding carboxylic acids is 4. The van der Waals surface area contributed by atoms with Crippen molar-refractivity contribution in [2.75, 3.05) is 39.6 Å². The van der Waals surface area contributed by atoms with Crippen LogP contribution in [0.3, 0.4) is 0 Å². The van der Waals surface area contributed by atoms with Gasteiger partial charge in [0.1, 0.15) is 19.3 Å². The van der Waals surface area contributed by atoms with Crippen molar-refractivity contribution in [3.05, 3.63) is 0 Å². The van der Waals surface area contributed by atoms with Crippen LogP contribution in [0.1, 0.15) is 382 Å². The molecule has 0 aliphatic carbocycles. The molecule has 6 atom stereocenters. The lowest BCUT2D eigenvalue weighted by Gasteiger charge is -2.21. The lowest BCUT2D eigenvalue weighted by molar-refractivity contribution is -0.161. The van der Waals surface area contributed by atoms with Crippen LogP contribution >= 0.6 is 15.6 Å². The average Bonchev–Trinajstić information content (AvgIpc) is 1.75. The summed E-state index contributed by atoms with van der Waals surface area (Å²) >= 11 is 0. The normalized spacial score (nSPS) is 14.4. The van der Waals surface area contributed by atoms with E-state index in [0.717, 1.165) is 108 Å². The number of carbonyl (C=O) groups is 4. The molecule has 94 heavy (non-hydrogen) atoms. The summed E-state index contributed by atoms with van der Waals surface area (Å²) in [5.41, 5.74) is 0. The van der Waals surface area contributed by atoms with Gasteiger partial charge < -0.3 is 33.8 Å². The predicted octanol–water partition coefficient (Wildman–Crippen LogP) is 21.8. The first kappa shape index (κ1) is 92.1. The molecule has 0 saturated carbocycles. The van der Waals surface area contributed by atoms with Crippen LogP contribution in [0.15, 0.2) is 0 Å². The molecule has 3 N–H and O–H groups in total. The van der Waals surface area contributed by atoms with E-state index in [1.54, 1.807) is 0 Å². The molecule has 17 nitrogen and oxygen atoms in total. The Balaban J connectivity index is 5.24. The van der Waals surface area contributed by atoms with Gasteiger partial charge in [0.05, 0.1) is 26.4 Å². The van der Waals surface area contributed by atoms with Gasteiger partial charge in [0.15, 0.2) is 12.2 Å². The van der Waals surface area contributed by atoms with Crippen LogP contribution in [0.4, 0.5) is 0 Å². The summed E-state index contributed by atoms with van der Waals surface area (Å²) in [6, 6.07) is 0. The van der Waals surface area contributed by atoms with Crippen LogP contribution in [0.25, 0.3) is 0 Å². The van der Waals surface area contributed by atoms with Gasteiger partial charge >= 0.3 is 39.5 Å². The Hall–Kier alpha value is -1.94. The first-order valence-electron chi connectivity index (χ1n) is 38.9. The highest BCUT2D eigenvalue weighted by molar-refractivity contribution is 7.47. The molecule has 0 heterocycles. The molecular weight excluding hydrogens is 1230 g/mol. The summed E-state index contributed by atoms with van der Waals surface area (Å²) in [5, 5.41) is 10.6. The third-order valence-corrected chi connectivity index (χ3v) is 19.6. The van der Waals surface area contributed by atoms with Gasteiger partial charge in [-0.1, -0.05) is 331 Å². The van der Waals surface area contributed by atoms with Crippen molar-refractivity contribution in [2.45, 2.75) is 401 Å². The van der Waals surface area contributed by atoms with Gasteiger partial charge in [-0.2, -0.15) is 0 Å². The number of ether oxygens (including phenoxy) is 4. The van der Waals surface area contributed by atoms with Gasteiger partial charge in [0, 0.05) is 25.7 Å². The maximum Gasteiger partial charge on any atom is 0.472 e. The van der Waals surface area contributed by atoms with E-state index in [-0.39, 0.29) is 25.7 Å². The third kappa shape index (κ3) is 67.3. The minimum Gasteiger partial charge on any atom is -0.462 e. The van der Waals surface area contributed by atoms with E-state index < -0.39 is 97.5 Å². The Morgan fingerprint density at radius 1 is 0.309 bits per heavy atom. The van der Waals surface area contributed by atoms with Crippen molar-refractivity contribution >= 4 is 39.5 Å². The molecule has 0 fully saturated rings. The highest BCUT2D eigenvalue weighted by Crippen LogP contribution is 2.45. The van der Waals surface area contributed by atoms with Gasteiger partial charge in [-0.3, -0.25) is 37.3 Å². The zero-order valence-corrected chi connectivity index (χ0v) is 63.2. The van der Waals surface area contributed by atoms with E-state index in [4.69, 9.17) is 37.0 Å². The second-order valence-electron chi connectivity index (χ2n) is 28.2. The van der Waals surface area contributed by atoms with Crippen LogP contribution in [0, 0.1) is 17.8 Å². The summed E-state index contributed by atoms with van der Waals surface area (Å²) in [4.78, 5) is 72.7. The van der Waals surface area contributed by atoms with Gasteiger partial charge in [-0.05, 0) is 43.4 Å². The molecule has 558 valence electrons. The topological polar surface area (TPSA) is 237 Å². The van der Waals surface area contributed by atoms with Crippen molar-refractivity contribution in [2.24, 2.45) is 17.8 Å². The molecule has 0 aromatic rings. The summed E-state index contributed by atoms with van der Waals surface area (Å²) in [6.07, 6.45) is 51.3. The first-order valence-corrected chi connectivity index (χ1v) is 41.9. The summed E-state index contributed by atoms with van der Waals surface area (Å²) in [5.74, 6) is 0.233. The minimum atomic E-state index is -4.96. The lowest BCUT2D eigenvalue weighted by atomic mass is 9.99. The summed E-state index contributed by atoms with van der Waals surface area (Å²) in [7, 11) is -9.91. The summed E-state index contributed by atoms with van der Waals surface area (Å²) in [6.45, 7) is 11.9. The van der Waals surface area contributed by atoms with Crippen LogP contribution in [-0.4, -0.2) is 96.7 Å². The number of unbranched alkanes of at least 4 members (excludes halogenated alkanes) is 40. The fourth-order valence-electron chi connectivity index (χ4n) is 11.4. The van der Waals surface area contributed by atoms with E-state index in [1.165, 1.54) is 193 Å². The molecule has 19 heteroatoms. The first-order chi connectivity index (χ1) is 45.3. The number of esters is 4. The Labute approximate surface area is 575 Å². The monoisotopic (exact) mass is 1380 g/mol. The summed E-state index contributed by atoms with van der Waals surface area (Å²) < 4.78 is 68.5. The smallest absolute Gasteiger partial charge is 0.462 e. The van der Waals surface area contributed by atoms with Crippen LogP contribution in [-0.2, 0) is 65.4 Å². The SMILES string of the molecule is CCCCCCCCCCCC(=O)OC[C@H](COP(=O)(O)OC[C@H](O)COP(=O)(O)OC[C@@H](COC(=O)CCCCCCCCCCCCCCC(C)C)OC(=O)CCCCCCCCCCCCCCCCCC(C)C)OC(=O)CCCCCCCCCCC(C)CC. The number of hydrogen-bond donors (Lipinski definition) is 3. The lowest BCUT2D eigenvalue weighted by Crippen LogP contribution is -2.30. The fourth-order valence-corrected chi connectivity index (χ4v) is 13.0. The van der Waals surface area contributed by atoms with Crippen LogP contribution < -0.4 is 0 Å². The number of hydrogen-bond acceptors (Lipinski definition) is 15. The predicted molar refractivity (Wildman–Crippen MR) is 381 cm³/mol. The second-order valence-corrected chi connectivity index (χ2v) is 31.1. The molecule has 0 aliphatic heterocycles. The van der Waals surface area contributed by atoms with E-state index in [0.29, 0.717) is 25.7 Å². The van der Waals surface area contributed by atoms with Crippen molar-refractivity contribution in [3.8, 4) is 0 Å². The van der Waals surface area contributed by atoms with E-state index in [2.05, 4.69) is 48.5 Å². The van der Waals surface area contributed by atoms with Gasteiger partial charge in [0.2, 0.25) is 0 Å².